The lowest BCUT2D eigenvalue weighted by Gasteiger charge is -2.10. The van der Waals surface area contributed by atoms with E-state index in [2.05, 4.69) is 10.1 Å². The zero-order valence-corrected chi connectivity index (χ0v) is 11.3. The van der Waals surface area contributed by atoms with Gasteiger partial charge in [0.05, 0.1) is 23.9 Å². The minimum Gasteiger partial charge on any atom is -0.465 e. The number of carbonyl (C=O) groups is 2. The van der Waals surface area contributed by atoms with E-state index in [4.69, 9.17) is 0 Å². The molecule has 4 nitrogen and oxygen atoms in total. The van der Waals surface area contributed by atoms with E-state index >= 15 is 0 Å². The first-order valence-electron chi connectivity index (χ1n) is 6.08. The molecule has 1 amide bonds. The van der Waals surface area contributed by atoms with Crippen LogP contribution in [0, 0.1) is 17.5 Å². The fourth-order valence-corrected chi connectivity index (χ4v) is 1.77. The summed E-state index contributed by atoms with van der Waals surface area (Å²) in [5, 5.41) is 2.26. The molecule has 0 unspecified atom stereocenters. The number of rotatable bonds is 3. The Morgan fingerprint density at radius 3 is 2.32 bits per heavy atom. The van der Waals surface area contributed by atoms with Crippen LogP contribution >= 0.6 is 0 Å². The molecule has 7 heteroatoms. The van der Waals surface area contributed by atoms with Crippen molar-refractivity contribution in [2.45, 2.75) is 0 Å². The summed E-state index contributed by atoms with van der Waals surface area (Å²) in [5.41, 5.74) is -0.580. The summed E-state index contributed by atoms with van der Waals surface area (Å²) < 4.78 is 44.1. The van der Waals surface area contributed by atoms with E-state index in [9.17, 15) is 22.8 Å². The molecule has 0 bridgehead atoms. The molecule has 2 aromatic carbocycles. The number of benzene rings is 2. The molecule has 0 aliphatic rings. The third kappa shape index (κ3) is 2.93. The van der Waals surface area contributed by atoms with Crippen LogP contribution in [-0.2, 0) is 4.74 Å². The highest BCUT2D eigenvalue weighted by molar-refractivity contribution is 6.08. The maximum absolute atomic E-state index is 13.6. The fraction of sp³-hybridized carbons (Fsp3) is 0.0667. The van der Waals surface area contributed by atoms with Gasteiger partial charge < -0.3 is 10.1 Å². The standard InChI is InChI=1S/C15H10F3NO3/c1-22-15(21)8-4-2-3-5-11(8)19-14(20)9-6-7-10(16)13(18)12(9)17/h2-7H,1H3,(H,19,20). The third-order valence-corrected chi connectivity index (χ3v) is 2.86. The molecule has 0 spiro atoms. The number of para-hydroxylation sites is 1. The molecule has 0 saturated heterocycles. The summed E-state index contributed by atoms with van der Waals surface area (Å²) in [4.78, 5) is 23.5. The number of nitrogens with one attached hydrogen (secondary N) is 1. The van der Waals surface area contributed by atoms with Crippen LogP contribution in [0.4, 0.5) is 18.9 Å². The Morgan fingerprint density at radius 1 is 0.955 bits per heavy atom. The lowest BCUT2D eigenvalue weighted by Crippen LogP contribution is -2.17. The lowest BCUT2D eigenvalue weighted by molar-refractivity contribution is 0.0602. The van der Waals surface area contributed by atoms with E-state index in [0.29, 0.717) is 6.07 Å². The van der Waals surface area contributed by atoms with Crippen LogP contribution < -0.4 is 5.32 Å². The molecular formula is C15H10F3NO3. The normalized spacial score (nSPS) is 10.2. The number of esters is 1. The number of carbonyl (C=O) groups excluding carboxylic acids is 2. The summed E-state index contributed by atoms with van der Waals surface area (Å²) in [5.74, 6) is -6.47. The second kappa shape index (κ2) is 6.30. The second-order valence-corrected chi connectivity index (χ2v) is 4.21. The Balaban J connectivity index is 2.35. The zero-order valence-electron chi connectivity index (χ0n) is 11.3. The molecule has 0 saturated carbocycles. The molecule has 0 aromatic heterocycles. The van der Waals surface area contributed by atoms with Crippen LogP contribution in [0.5, 0.6) is 0 Å². The summed E-state index contributed by atoms with van der Waals surface area (Å²) in [6.07, 6.45) is 0. The summed E-state index contributed by atoms with van der Waals surface area (Å²) in [6.45, 7) is 0. The molecule has 2 aromatic rings. The van der Waals surface area contributed by atoms with Crippen LogP contribution in [0.1, 0.15) is 20.7 Å². The van der Waals surface area contributed by atoms with Gasteiger partial charge >= 0.3 is 5.97 Å². The van der Waals surface area contributed by atoms with Crippen LogP contribution in [0.15, 0.2) is 36.4 Å². The second-order valence-electron chi connectivity index (χ2n) is 4.21. The van der Waals surface area contributed by atoms with E-state index in [1.165, 1.54) is 18.2 Å². The molecule has 0 heterocycles. The number of halogens is 3. The van der Waals surface area contributed by atoms with Gasteiger partial charge in [-0.05, 0) is 24.3 Å². The Hall–Kier alpha value is -2.83. The van der Waals surface area contributed by atoms with Crippen molar-refractivity contribution in [3.05, 3.63) is 65.0 Å². The zero-order chi connectivity index (χ0) is 16.3. The quantitative estimate of drug-likeness (QED) is 0.700. The summed E-state index contributed by atoms with van der Waals surface area (Å²) in [7, 11) is 1.16. The SMILES string of the molecule is COC(=O)c1ccccc1NC(=O)c1ccc(F)c(F)c1F. The van der Waals surface area contributed by atoms with Gasteiger partial charge in [-0.25, -0.2) is 18.0 Å². The average Bonchev–Trinajstić information content (AvgIpc) is 2.52. The minimum absolute atomic E-state index is 0.0429. The van der Waals surface area contributed by atoms with Crippen LogP contribution in [-0.4, -0.2) is 19.0 Å². The first kappa shape index (κ1) is 15.6. The first-order valence-corrected chi connectivity index (χ1v) is 6.08. The number of methoxy groups -OCH3 is 1. The van der Waals surface area contributed by atoms with Crippen molar-refractivity contribution in [2.24, 2.45) is 0 Å². The third-order valence-electron chi connectivity index (χ3n) is 2.86. The minimum atomic E-state index is -1.74. The van der Waals surface area contributed by atoms with Gasteiger partial charge in [0.1, 0.15) is 0 Å². The van der Waals surface area contributed by atoms with E-state index in [1.54, 1.807) is 6.07 Å². The highest BCUT2D eigenvalue weighted by atomic mass is 19.2. The molecule has 0 atom stereocenters. The van der Waals surface area contributed by atoms with Crippen molar-refractivity contribution in [3.8, 4) is 0 Å². The molecule has 0 aliphatic carbocycles. The van der Waals surface area contributed by atoms with Crippen molar-refractivity contribution in [3.63, 3.8) is 0 Å². The molecule has 114 valence electrons. The molecule has 22 heavy (non-hydrogen) atoms. The Labute approximate surface area is 123 Å². The summed E-state index contributed by atoms with van der Waals surface area (Å²) in [6, 6.07) is 7.30. The maximum Gasteiger partial charge on any atom is 0.339 e. The monoisotopic (exact) mass is 309 g/mol. The Kier molecular flexibility index (Phi) is 4.45. The van der Waals surface area contributed by atoms with E-state index in [0.717, 1.165) is 13.2 Å². The average molecular weight is 309 g/mol. The molecule has 0 fully saturated rings. The smallest absolute Gasteiger partial charge is 0.339 e. The van der Waals surface area contributed by atoms with Gasteiger partial charge in [0.15, 0.2) is 17.5 Å². The van der Waals surface area contributed by atoms with Crippen LogP contribution in [0.25, 0.3) is 0 Å². The van der Waals surface area contributed by atoms with Crippen molar-refractivity contribution in [1.29, 1.82) is 0 Å². The molecular weight excluding hydrogens is 299 g/mol. The number of ether oxygens (including phenoxy) is 1. The Morgan fingerprint density at radius 2 is 1.64 bits per heavy atom. The number of hydrogen-bond donors (Lipinski definition) is 1. The van der Waals surface area contributed by atoms with Crippen molar-refractivity contribution in [1.82, 2.24) is 0 Å². The van der Waals surface area contributed by atoms with Gasteiger partial charge in [-0.2, -0.15) is 0 Å². The van der Waals surface area contributed by atoms with Crippen molar-refractivity contribution in [2.75, 3.05) is 12.4 Å². The first-order chi connectivity index (χ1) is 10.5. The van der Waals surface area contributed by atoms with E-state index < -0.39 is 34.9 Å². The Bertz CT molecular complexity index is 747. The highest BCUT2D eigenvalue weighted by Crippen LogP contribution is 2.20. The largest absolute Gasteiger partial charge is 0.465 e. The molecule has 2 rings (SSSR count). The van der Waals surface area contributed by atoms with Gasteiger partial charge in [-0.3, -0.25) is 4.79 Å². The van der Waals surface area contributed by atoms with Gasteiger partial charge in [-0.1, -0.05) is 12.1 Å². The predicted octanol–water partition coefficient (Wildman–Crippen LogP) is 3.14. The van der Waals surface area contributed by atoms with E-state index in [-0.39, 0.29) is 11.3 Å². The van der Waals surface area contributed by atoms with Gasteiger partial charge in [0.2, 0.25) is 0 Å². The lowest BCUT2D eigenvalue weighted by atomic mass is 10.1. The van der Waals surface area contributed by atoms with Gasteiger partial charge in [0.25, 0.3) is 5.91 Å². The number of anilines is 1. The maximum atomic E-state index is 13.6. The molecule has 1 N–H and O–H groups in total. The summed E-state index contributed by atoms with van der Waals surface area (Å²) >= 11 is 0. The molecule has 0 radical (unpaired) electrons. The van der Waals surface area contributed by atoms with Crippen LogP contribution in [0.3, 0.4) is 0 Å². The number of amides is 1. The molecule has 0 aliphatic heterocycles. The van der Waals surface area contributed by atoms with Crippen molar-refractivity contribution >= 4 is 17.6 Å². The predicted molar refractivity (Wildman–Crippen MR) is 72.1 cm³/mol. The fourth-order valence-electron chi connectivity index (χ4n) is 1.77. The highest BCUT2D eigenvalue weighted by Gasteiger charge is 2.20. The number of hydrogen-bond acceptors (Lipinski definition) is 3. The van der Waals surface area contributed by atoms with E-state index in [1.807, 2.05) is 0 Å². The van der Waals surface area contributed by atoms with Crippen LogP contribution in [0.2, 0.25) is 0 Å². The van der Waals surface area contributed by atoms with Gasteiger partial charge in [-0.15, -0.1) is 0 Å². The van der Waals surface area contributed by atoms with Gasteiger partial charge in [0, 0.05) is 0 Å². The van der Waals surface area contributed by atoms with Crippen molar-refractivity contribution < 1.29 is 27.5 Å². The topological polar surface area (TPSA) is 55.4 Å².